The van der Waals surface area contributed by atoms with E-state index in [9.17, 15) is 4.79 Å². The first kappa shape index (κ1) is 15.2. The molecule has 0 aromatic carbocycles. The van der Waals surface area contributed by atoms with Crippen LogP contribution in [0.5, 0.6) is 0 Å². The molecular formula is C14H21BrN2O. The van der Waals surface area contributed by atoms with Gasteiger partial charge in [-0.3, -0.25) is 4.79 Å². The van der Waals surface area contributed by atoms with Crippen LogP contribution in [0.3, 0.4) is 0 Å². The van der Waals surface area contributed by atoms with Crippen LogP contribution in [-0.2, 0) is 4.79 Å². The van der Waals surface area contributed by atoms with E-state index in [1.807, 2.05) is 13.0 Å². The number of pyridine rings is 1. The highest BCUT2D eigenvalue weighted by atomic mass is 79.9. The molecule has 1 aromatic rings. The number of hydrogen-bond donors (Lipinski definition) is 1. The van der Waals surface area contributed by atoms with E-state index in [1.165, 1.54) is 0 Å². The second-order valence-electron chi connectivity index (χ2n) is 5.33. The van der Waals surface area contributed by atoms with Gasteiger partial charge >= 0.3 is 0 Å². The molecule has 18 heavy (non-hydrogen) atoms. The third-order valence-corrected chi connectivity index (χ3v) is 3.85. The van der Waals surface area contributed by atoms with Crippen molar-refractivity contribution in [2.45, 2.75) is 34.6 Å². The minimum absolute atomic E-state index is 0.0222. The Balaban J connectivity index is 2.82. The topological polar surface area (TPSA) is 42.0 Å². The molecular weight excluding hydrogens is 292 g/mol. The van der Waals surface area contributed by atoms with Crippen LogP contribution in [0.1, 0.15) is 33.3 Å². The van der Waals surface area contributed by atoms with Crippen molar-refractivity contribution in [1.82, 2.24) is 4.98 Å². The van der Waals surface area contributed by atoms with Crippen LogP contribution in [-0.4, -0.2) is 10.9 Å². The van der Waals surface area contributed by atoms with Crippen LogP contribution >= 0.6 is 15.9 Å². The number of aryl methyl sites for hydroxylation is 1. The number of anilines is 1. The predicted octanol–water partition coefficient (Wildman–Crippen LogP) is 4.02. The molecule has 0 radical (unpaired) electrons. The number of hydrogen-bond acceptors (Lipinski definition) is 2. The number of rotatable bonds is 4. The molecule has 1 amide bonds. The molecule has 0 saturated heterocycles. The van der Waals surface area contributed by atoms with Crippen molar-refractivity contribution in [1.29, 1.82) is 0 Å². The first-order valence-electron chi connectivity index (χ1n) is 6.26. The molecule has 0 aliphatic rings. The number of carbonyl (C=O) groups is 1. The number of nitrogens with one attached hydrogen (secondary N) is 1. The summed E-state index contributed by atoms with van der Waals surface area (Å²) >= 11 is 3.35. The maximum absolute atomic E-state index is 12.2. The molecule has 0 fully saturated rings. The monoisotopic (exact) mass is 312 g/mol. The Morgan fingerprint density at radius 1 is 1.28 bits per heavy atom. The van der Waals surface area contributed by atoms with Gasteiger partial charge in [0.05, 0.1) is 11.9 Å². The van der Waals surface area contributed by atoms with Gasteiger partial charge in [-0.05, 0) is 46.3 Å². The highest BCUT2D eigenvalue weighted by Crippen LogP contribution is 2.23. The summed E-state index contributed by atoms with van der Waals surface area (Å²) in [6.45, 7) is 10.3. The van der Waals surface area contributed by atoms with Gasteiger partial charge in [-0.2, -0.15) is 0 Å². The SMILES string of the molecule is Cc1cc(NC(=O)C(C(C)C)C(C)C)cnc1Br. The van der Waals surface area contributed by atoms with Gasteiger partial charge in [0.2, 0.25) is 5.91 Å². The van der Waals surface area contributed by atoms with E-state index in [2.05, 4.69) is 53.9 Å². The van der Waals surface area contributed by atoms with E-state index < -0.39 is 0 Å². The van der Waals surface area contributed by atoms with Crippen molar-refractivity contribution in [3.8, 4) is 0 Å². The number of amides is 1. The Bertz CT molecular complexity index is 422. The number of aromatic nitrogens is 1. The largest absolute Gasteiger partial charge is 0.324 e. The van der Waals surface area contributed by atoms with Crippen molar-refractivity contribution in [2.75, 3.05) is 5.32 Å². The normalized spacial score (nSPS) is 11.4. The third kappa shape index (κ3) is 3.80. The van der Waals surface area contributed by atoms with E-state index in [0.717, 1.165) is 15.9 Å². The molecule has 4 heteroatoms. The first-order chi connectivity index (χ1) is 8.32. The summed E-state index contributed by atoms with van der Waals surface area (Å²) in [5.41, 5.74) is 1.77. The Kier molecular flexibility index (Phi) is 5.32. The van der Waals surface area contributed by atoms with Gasteiger partial charge in [0, 0.05) is 5.92 Å². The zero-order valence-corrected chi connectivity index (χ0v) is 13.2. The summed E-state index contributed by atoms with van der Waals surface area (Å²) < 4.78 is 0.810. The van der Waals surface area contributed by atoms with E-state index in [1.54, 1.807) is 6.20 Å². The molecule has 0 aliphatic carbocycles. The van der Waals surface area contributed by atoms with Gasteiger partial charge in [-0.25, -0.2) is 4.98 Å². The number of carbonyl (C=O) groups excluding carboxylic acids is 1. The number of halogens is 1. The molecule has 1 aromatic heterocycles. The molecule has 0 aliphatic heterocycles. The minimum Gasteiger partial charge on any atom is -0.324 e. The molecule has 100 valence electrons. The van der Waals surface area contributed by atoms with Crippen LogP contribution in [0.25, 0.3) is 0 Å². The van der Waals surface area contributed by atoms with E-state index in [4.69, 9.17) is 0 Å². The zero-order valence-electron chi connectivity index (χ0n) is 11.6. The van der Waals surface area contributed by atoms with Gasteiger partial charge in [0.25, 0.3) is 0 Å². The van der Waals surface area contributed by atoms with Crippen LogP contribution in [0.15, 0.2) is 16.9 Å². The van der Waals surface area contributed by atoms with Crippen molar-refractivity contribution < 1.29 is 4.79 Å². The maximum Gasteiger partial charge on any atom is 0.228 e. The van der Waals surface area contributed by atoms with E-state index in [0.29, 0.717) is 11.8 Å². The highest BCUT2D eigenvalue weighted by molar-refractivity contribution is 9.10. The van der Waals surface area contributed by atoms with Crippen molar-refractivity contribution in [3.63, 3.8) is 0 Å². The fourth-order valence-corrected chi connectivity index (χ4v) is 2.44. The second kappa shape index (κ2) is 6.32. The quantitative estimate of drug-likeness (QED) is 0.853. The van der Waals surface area contributed by atoms with Gasteiger partial charge in [-0.1, -0.05) is 27.7 Å². The summed E-state index contributed by atoms with van der Waals surface area (Å²) in [7, 11) is 0. The summed E-state index contributed by atoms with van der Waals surface area (Å²) in [4.78, 5) is 16.4. The Labute approximate surface area is 118 Å². The standard InChI is InChI=1S/C14H21BrN2O/c1-8(2)12(9(3)4)14(18)17-11-6-10(5)13(15)16-7-11/h6-9,12H,1-5H3,(H,17,18). The average molecular weight is 313 g/mol. The summed E-state index contributed by atoms with van der Waals surface area (Å²) in [6, 6.07) is 1.92. The van der Waals surface area contributed by atoms with Crippen molar-refractivity contribution in [3.05, 3.63) is 22.4 Å². The third-order valence-electron chi connectivity index (χ3n) is 3.02. The Morgan fingerprint density at radius 3 is 2.28 bits per heavy atom. The van der Waals surface area contributed by atoms with Crippen LogP contribution in [0.2, 0.25) is 0 Å². The molecule has 1 heterocycles. The lowest BCUT2D eigenvalue weighted by Gasteiger charge is -2.23. The van der Waals surface area contributed by atoms with E-state index in [-0.39, 0.29) is 11.8 Å². The summed E-state index contributed by atoms with van der Waals surface area (Å²) in [5, 5.41) is 2.95. The molecule has 1 N–H and O–H groups in total. The maximum atomic E-state index is 12.2. The Hall–Kier alpha value is -0.900. The minimum atomic E-state index is 0.0222. The average Bonchev–Trinajstić information content (AvgIpc) is 2.22. The van der Waals surface area contributed by atoms with Crippen molar-refractivity contribution in [2.24, 2.45) is 17.8 Å². The number of nitrogens with zero attached hydrogens (tertiary/aromatic N) is 1. The van der Waals surface area contributed by atoms with Crippen LogP contribution < -0.4 is 5.32 Å². The van der Waals surface area contributed by atoms with Gasteiger partial charge in [-0.15, -0.1) is 0 Å². The molecule has 3 nitrogen and oxygen atoms in total. The molecule has 0 spiro atoms. The molecule has 0 atom stereocenters. The lowest BCUT2D eigenvalue weighted by molar-refractivity contribution is -0.122. The zero-order chi connectivity index (χ0) is 13.9. The van der Waals surface area contributed by atoms with Crippen molar-refractivity contribution >= 4 is 27.5 Å². The van der Waals surface area contributed by atoms with Crippen LogP contribution in [0.4, 0.5) is 5.69 Å². The van der Waals surface area contributed by atoms with Gasteiger partial charge in [0.1, 0.15) is 4.60 Å². The fraction of sp³-hybridized carbons (Fsp3) is 0.571. The van der Waals surface area contributed by atoms with Gasteiger partial charge in [0.15, 0.2) is 0 Å². The van der Waals surface area contributed by atoms with Gasteiger partial charge < -0.3 is 5.32 Å². The first-order valence-corrected chi connectivity index (χ1v) is 7.05. The Morgan fingerprint density at radius 2 is 1.83 bits per heavy atom. The predicted molar refractivity (Wildman–Crippen MR) is 78.5 cm³/mol. The summed E-state index contributed by atoms with van der Waals surface area (Å²) in [5.74, 6) is 0.751. The second-order valence-corrected chi connectivity index (χ2v) is 6.09. The fourth-order valence-electron chi connectivity index (χ4n) is 2.23. The highest BCUT2D eigenvalue weighted by Gasteiger charge is 2.25. The van der Waals surface area contributed by atoms with Crippen LogP contribution in [0, 0.1) is 24.7 Å². The molecule has 0 bridgehead atoms. The lowest BCUT2D eigenvalue weighted by Crippen LogP contribution is -2.31. The molecule has 0 unspecified atom stereocenters. The molecule has 0 saturated carbocycles. The lowest BCUT2D eigenvalue weighted by atomic mass is 9.85. The van der Waals surface area contributed by atoms with E-state index >= 15 is 0 Å². The summed E-state index contributed by atoms with van der Waals surface area (Å²) in [6.07, 6.45) is 1.67. The molecule has 1 rings (SSSR count). The smallest absolute Gasteiger partial charge is 0.228 e.